The molecular weight excluding hydrogens is 1740 g/mol. The molecule has 54 heteroatoms. The Morgan fingerprint density at radius 1 is 0.341 bits per heavy atom. The summed E-state index contributed by atoms with van der Waals surface area (Å²) in [4.78, 5) is 0. The van der Waals surface area contributed by atoms with Crippen LogP contribution in [0, 0.1) is 0 Å². The molecule has 4 saturated carbocycles. The fourth-order valence-electron chi connectivity index (χ4n) is 18.5. The van der Waals surface area contributed by atoms with Crippen molar-refractivity contribution in [3.63, 3.8) is 0 Å². The molecule has 0 spiro atoms. The third kappa shape index (κ3) is 24.9. The quantitative estimate of drug-likeness (QED) is 0.0331. The van der Waals surface area contributed by atoms with E-state index in [4.69, 9.17) is 188 Å². The maximum absolute atomic E-state index is 11.8. The summed E-state index contributed by atoms with van der Waals surface area (Å²) in [6.07, 6.45) is -39.7. The van der Waals surface area contributed by atoms with Crippen LogP contribution >= 0.6 is 0 Å². The maximum atomic E-state index is 11.8. The third-order valence-electron chi connectivity index (χ3n) is 26.7. The Kier molecular flexibility index (Phi) is 37.8. The van der Waals surface area contributed by atoms with Crippen LogP contribution in [0.1, 0.15) is 84.5 Å². The highest BCUT2D eigenvalue weighted by molar-refractivity contribution is 7.90. The number of ether oxygens (including phenoxy) is 18. The molecule has 13 fully saturated rings. The number of aliphatic hydroxyl groups excluding tert-OH is 15. The minimum absolute atomic E-state index is 0.122. The summed E-state index contributed by atoms with van der Waals surface area (Å²) in [5.41, 5.74) is 109. The van der Waals surface area contributed by atoms with Crippen molar-refractivity contribution < 1.29 is 170 Å². The van der Waals surface area contributed by atoms with Crippen molar-refractivity contribution in [2.45, 2.75) is 414 Å². The predicted octanol–water partition coefficient (Wildman–Crippen LogP) is -19.8. The van der Waals surface area contributed by atoms with E-state index in [-0.39, 0.29) is 56.9 Å². The minimum Gasteiger partial charge on any atom is -0.394 e. The number of hydrogen-bond donors (Lipinski definition) is 33. The lowest BCUT2D eigenvalue weighted by Crippen LogP contribution is -2.66. The molecule has 4 aliphatic carbocycles. The normalized spacial score (nSPS) is 50.7. The summed E-state index contributed by atoms with van der Waals surface area (Å²) in [7, 11) is -3.39. The van der Waals surface area contributed by atoms with E-state index in [1.165, 1.54) is 0 Å². The van der Waals surface area contributed by atoms with Gasteiger partial charge in [-0.15, -0.1) is 0 Å². The van der Waals surface area contributed by atoms with Gasteiger partial charge in [0.2, 0.25) is 0 Å². The zero-order chi connectivity index (χ0) is 95.0. The molecule has 9 heterocycles. The molecule has 129 heavy (non-hydrogen) atoms. The summed E-state index contributed by atoms with van der Waals surface area (Å²) in [5.74, 6) is -0.308. The van der Waals surface area contributed by atoms with E-state index in [2.05, 4.69) is 0 Å². The molecule has 0 amide bonds. The van der Waals surface area contributed by atoms with E-state index in [1.807, 2.05) is 13.8 Å². The fourth-order valence-corrected chi connectivity index (χ4v) is 19.4. The van der Waals surface area contributed by atoms with Gasteiger partial charge >= 0.3 is 0 Å². The van der Waals surface area contributed by atoms with Crippen molar-refractivity contribution in [1.29, 1.82) is 0 Å². The second kappa shape index (κ2) is 45.4. The van der Waals surface area contributed by atoms with Crippen LogP contribution in [0.15, 0.2) is 0 Å². The highest BCUT2D eigenvalue weighted by Gasteiger charge is 2.60. The van der Waals surface area contributed by atoms with Gasteiger partial charge in [0.05, 0.1) is 98.4 Å². The van der Waals surface area contributed by atoms with Gasteiger partial charge in [-0.25, -0.2) is 8.42 Å². The Morgan fingerprint density at radius 2 is 0.628 bits per heavy atom. The van der Waals surface area contributed by atoms with Crippen molar-refractivity contribution in [2.24, 2.45) is 103 Å². The molecule has 13 rings (SSSR count). The van der Waals surface area contributed by atoms with Gasteiger partial charge in [0.1, 0.15) is 156 Å². The molecule has 9 saturated heterocycles. The average Bonchev–Trinajstić information content (AvgIpc) is 1.67. The lowest BCUT2D eigenvalue weighted by atomic mass is 9.84. The van der Waals surface area contributed by atoms with Crippen LogP contribution in [0.25, 0.3) is 0 Å². The molecule has 0 aromatic rings. The lowest BCUT2D eigenvalue weighted by molar-refractivity contribution is -0.292. The smallest absolute Gasteiger partial charge is 0.187 e. The standard InChI is InChI=1S/C25H50N6O13S.C25H48N6O11.C25H50N6O11/c1-45(37,38)7-11(30)12-3-2-8(27)23(39-12)42-20-10(29)4-9(28)16(33)22(20)44-25-19(36)21(14(6-32)41-25)43-24-15(31)18(35)17(34)13(5-26)40-24;26-6-11-16(34)17(35)14(30)23(37-11)41-20-12(7-32)38-24(18(20)36)42-21-15(33)9(28)5-10(29)19(21)40-22-8(27)1-2-13(39-22)25(31)3-4-25;1-25(2,31)13-4-3-8(27)22(39-13)40-19-10(29)5-9(28)15(33)21(19)42-24-18(36)20(12(7-32)38-24)41-23-14(30)17(35)16(34)11(6-26)37-23/h8-25,32-36H,2-7,26-31H2,1H3;8-24,32-36H,1-7,26-31H2;8-24,32-36H,3-7,26-31H2,1-2H3/t8-,9-,10+,11+,12+,13+,14-,15-,16+,17-,18-,19-,20-,21-,22-,23-,24?,25+;2*8-,9-,10+,11+,12-,13+,14-,15+,16-,17-,18-,19-,20-,21-,22-,23?,24+/m111/s1. The molecule has 9 aliphatic heterocycles. The molecule has 0 radical (unpaired) electrons. The van der Waals surface area contributed by atoms with E-state index in [0.717, 1.165) is 19.1 Å². The molecule has 0 aromatic carbocycles. The number of aliphatic hydroxyl groups is 15. The average molecular weight is 1890 g/mol. The summed E-state index contributed by atoms with van der Waals surface area (Å²) in [6.45, 7) is 1.43. The Morgan fingerprint density at radius 3 is 0.930 bits per heavy atom. The van der Waals surface area contributed by atoms with Crippen LogP contribution < -0.4 is 103 Å². The molecule has 0 bridgehead atoms. The van der Waals surface area contributed by atoms with Crippen molar-refractivity contribution in [1.82, 2.24) is 0 Å². The van der Waals surface area contributed by atoms with Gasteiger partial charge in [-0.05, 0) is 84.5 Å². The van der Waals surface area contributed by atoms with Crippen LogP contribution in [0.2, 0.25) is 0 Å². The van der Waals surface area contributed by atoms with Crippen LogP contribution in [-0.4, -0.2) is 466 Å². The predicted molar refractivity (Wildman–Crippen MR) is 442 cm³/mol. The number of sulfone groups is 1. The molecule has 53 nitrogen and oxygen atoms in total. The Labute approximate surface area is 745 Å². The van der Waals surface area contributed by atoms with Gasteiger partial charge < -0.3 is 265 Å². The Balaban J connectivity index is 0.000000187. The molecule has 754 valence electrons. The van der Waals surface area contributed by atoms with Crippen molar-refractivity contribution in [2.75, 3.05) is 51.5 Å². The highest BCUT2D eigenvalue weighted by Crippen LogP contribution is 2.44. The van der Waals surface area contributed by atoms with Gasteiger partial charge in [0.15, 0.2) is 56.6 Å². The minimum atomic E-state index is -3.39. The summed E-state index contributed by atoms with van der Waals surface area (Å²) in [5, 5.41) is 158. The Hall–Kier alpha value is -2.09. The second-order valence-corrected chi connectivity index (χ2v) is 39.5. The Bertz CT molecular complexity index is 3410. The zero-order valence-electron chi connectivity index (χ0n) is 72.4. The third-order valence-corrected chi connectivity index (χ3v) is 27.7. The van der Waals surface area contributed by atoms with Crippen LogP contribution in [0.3, 0.4) is 0 Å². The van der Waals surface area contributed by atoms with Gasteiger partial charge in [-0.2, -0.15) is 0 Å². The van der Waals surface area contributed by atoms with Crippen molar-refractivity contribution in [3.8, 4) is 0 Å². The number of hydrogen-bond acceptors (Lipinski definition) is 53. The number of nitrogens with two attached hydrogens (primary N) is 18. The summed E-state index contributed by atoms with van der Waals surface area (Å²) < 4.78 is 130. The van der Waals surface area contributed by atoms with E-state index in [9.17, 15) is 85.0 Å². The first kappa shape index (κ1) is 107. The summed E-state index contributed by atoms with van der Waals surface area (Å²) in [6, 6.07) is -10.7. The molecule has 3 unspecified atom stereocenters. The molecular formula is C75H148N18O35S. The fraction of sp³-hybridized carbons (Fsp3) is 1.00. The monoisotopic (exact) mass is 1890 g/mol. The van der Waals surface area contributed by atoms with Crippen LogP contribution in [-0.2, 0) is 95.1 Å². The van der Waals surface area contributed by atoms with E-state index >= 15 is 0 Å². The molecule has 0 aromatic heterocycles. The second-order valence-electron chi connectivity index (χ2n) is 37.3. The van der Waals surface area contributed by atoms with Crippen LogP contribution in [0.4, 0.5) is 0 Å². The van der Waals surface area contributed by atoms with Crippen molar-refractivity contribution >= 4 is 9.84 Å². The van der Waals surface area contributed by atoms with Gasteiger partial charge in [0.25, 0.3) is 0 Å². The number of rotatable bonds is 29. The first-order chi connectivity index (χ1) is 60.6. The SMILES string of the molecule is CC(C)(N)[C@@H]1CC[C@@H](N)[C@@H](O[C@H]2[C@H](O[C@@H]3O[C@H](CO)[C@@H](OC4O[C@@H](CN)[C@@H](O)[C@H](O)[C@H]4N)[C@H]3O)[C@@H](O)[C@H](N)C[C@@H]2N)O1.CS(=O)(=O)C[C@H](N)[C@@H]1CC[C@@H](N)[C@@H](O[C@H]2[C@H](O[C@@H]3O[C@H](CO)[C@@H](OC4O[C@@H](CN)[C@@H](O)[C@H](O)[C@H]4N)[C@H]3O)[C@@H](O)[C@H](N)C[C@@H]2N)O1.NC[C@@H]1OC(O[C@H]2[C@@H](O)[C@H](O[C@@H]3[C@@H](O)[C@H](N)C[C@H](N)[C@H]3O[C@H]3O[C@H](C4(N)CC4)CC[C@H]3N)O[C@@H]2CO)[C@H](N)[C@@H](O)[C@@H]1O. The topological polar surface area (TPSA) is 972 Å². The first-order valence-corrected chi connectivity index (χ1v) is 46.1. The van der Waals surface area contributed by atoms with E-state index in [0.29, 0.717) is 38.5 Å². The maximum Gasteiger partial charge on any atom is 0.187 e. The highest BCUT2D eigenvalue weighted by atomic mass is 32.2. The van der Waals surface area contributed by atoms with E-state index in [1.54, 1.807) is 0 Å². The largest absolute Gasteiger partial charge is 0.394 e. The summed E-state index contributed by atoms with van der Waals surface area (Å²) >= 11 is 0. The zero-order valence-corrected chi connectivity index (χ0v) is 73.2. The molecule has 52 atom stereocenters. The molecule has 13 aliphatic rings. The van der Waals surface area contributed by atoms with Crippen molar-refractivity contribution in [3.05, 3.63) is 0 Å². The first-order valence-electron chi connectivity index (χ1n) is 44.1. The van der Waals surface area contributed by atoms with Gasteiger partial charge in [0, 0.05) is 79.3 Å². The van der Waals surface area contributed by atoms with Crippen LogP contribution in [0.5, 0.6) is 0 Å². The van der Waals surface area contributed by atoms with Gasteiger partial charge in [-0.1, -0.05) is 0 Å². The lowest BCUT2D eigenvalue weighted by Gasteiger charge is -2.47. The van der Waals surface area contributed by atoms with Gasteiger partial charge in [-0.3, -0.25) is 0 Å². The molecule has 51 N–H and O–H groups in total. The van der Waals surface area contributed by atoms with E-state index < -0.39 is 347 Å².